The molecule has 0 aromatic carbocycles. The standard InChI is InChI=1S/C6H14OSi/c1-5(2)6(3)4-7-8/h4H2,1-3,8H3. The van der Waals surface area contributed by atoms with E-state index in [1.165, 1.54) is 11.1 Å². The molecule has 0 bridgehead atoms. The van der Waals surface area contributed by atoms with Crippen LogP contribution in [0.4, 0.5) is 0 Å². The monoisotopic (exact) mass is 130 g/mol. The van der Waals surface area contributed by atoms with Gasteiger partial charge in [-0.1, -0.05) is 11.1 Å². The van der Waals surface area contributed by atoms with Crippen LogP contribution in [0.1, 0.15) is 20.8 Å². The highest BCUT2D eigenvalue weighted by atomic mass is 28.2. The maximum absolute atomic E-state index is 5.05. The Bertz CT molecular complexity index is 92.7. The van der Waals surface area contributed by atoms with Crippen molar-refractivity contribution in [3.8, 4) is 0 Å². The fraction of sp³-hybridized carbons (Fsp3) is 0.667. The van der Waals surface area contributed by atoms with Gasteiger partial charge in [-0.25, -0.2) is 0 Å². The molecule has 0 fully saturated rings. The molecule has 0 aromatic heterocycles. The highest BCUT2D eigenvalue weighted by Crippen LogP contribution is 1.99. The molecule has 8 heavy (non-hydrogen) atoms. The molecule has 0 spiro atoms. The lowest BCUT2D eigenvalue weighted by atomic mass is 10.2. The summed E-state index contributed by atoms with van der Waals surface area (Å²) >= 11 is 0. The lowest BCUT2D eigenvalue weighted by molar-refractivity contribution is 0.387. The summed E-state index contributed by atoms with van der Waals surface area (Å²) in [6, 6.07) is 0. The molecule has 0 amide bonds. The third-order valence-corrected chi connectivity index (χ3v) is 1.50. The van der Waals surface area contributed by atoms with Gasteiger partial charge in [0.25, 0.3) is 0 Å². The average molecular weight is 130 g/mol. The minimum absolute atomic E-state index is 0.828. The Labute approximate surface area is 54.3 Å². The van der Waals surface area contributed by atoms with Crippen LogP contribution >= 0.6 is 0 Å². The Morgan fingerprint density at radius 1 is 1.38 bits per heavy atom. The van der Waals surface area contributed by atoms with E-state index in [9.17, 15) is 0 Å². The fourth-order valence-electron chi connectivity index (χ4n) is 0.361. The van der Waals surface area contributed by atoms with Gasteiger partial charge in [-0.3, -0.25) is 0 Å². The highest BCUT2D eigenvalue weighted by molar-refractivity contribution is 5.98. The van der Waals surface area contributed by atoms with E-state index in [2.05, 4.69) is 20.8 Å². The summed E-state index contributed by atoms with van der Waals surface area (Å²) in [6.45, 7) is 7.15. The van der Waals surface area contributed by atoms with Crippen LogP contribution in [0.3, 0.4) is 0 Å². The van der Waals surface area contributed by atoms with Crippen molar-refractivity contribution >= 4 is 10.5 Å². The van der Waals surface area contributed by atoms with E-state index < -0.39 is 0 Å². The van der Waals surface area contributed by atoms with Crippen LogP contribution in [0.2, 0.25) is 0 Å². The summed E-state index contributed by atoms with van der Waals surface area (Å²) in [5.74, 6) is 0. The zero-order valence-corrected chi connectivity index (χ0v) is 8.12. The van der Waals surface area contributed by atoms with E-state index in [0.717, 1.165) is 17.1 Å². The predicted octanol–water partition coefficient (Wildman–Crippen LogP) is 0.640. The van der Waals surface area contributed by atoms with Crippen LogP contribution in [0.25, 0.3) is 0 Å². The molecular weight excluding hydrogens is 116 g/mol. The molecule has 0 unspecified atom stereocenters. The van der Waals surface area contributed by atoms with Gasteiger partial charge in [0.15, 0.2) is 0 Å². The van der Waals surface area contributed by atoms with Crippen molar-refractivity contribution in [2.45, 2.75) is 20.8 Å². The van der Waals surface area contributed by atoms with E-state index in [-0.39, 0.29) is 0 Å². The van der Waals surface area contributed by atoms with Crippen molar-refractivity contribution in [2.75, 3.05) is 6.61 Å². The van der Waals surface area contributed by atoms with Gasteiger partial charge in [-0.15, -0.1) is 0 Å². The van der Waals surface area contributed by atoms with Gasteiger partial charge in [0.05, 0.1) is 6.61 Å². The van der Waals surface area contributed by atoms with Gasteiger partial charge < -0.3 is 4.43 Å². The molecule has 0 aliphatic rings. The molecule has 0 heterocycles. The first-order valence-electron chi connectivity index (χ1n) is 2.80. The maximum Gasteiger partial charge on any atom is 0.146 e. The third kappa shape index (κ3) is 2.99. The lowest BCUT2D eigenvalue weighted by Crippen LogP contribution is -1.92. The molecule has 48 valence electrons. The topological polar surface area (TPSA) is 9.23 Å². The van der Waals surface area contributed by atoms with Gasteiger partial charge in [-0.2, -0.15) is 0 Å². The van der Waals surface area contributed by atoms with E-state index in [1.54, 1.807) is 0 Å². The Kier molecular flexibility index (Phi) is 3.82. The molecule has 0 aliphatic carbocycles. The molecule has 0 aromatic rings. The maximum atomic E-state index is 5.05. The summed E-state index contributed by atoms with van der Waals surface area (Å²) in [5.41, 5.74) is 2.74. The van der Waals surface area contributed by atoms with Crippen LogP contribution in [0.5, 0.6) is 0 Å². The van der Waals surface area contributed by atoms with Crippen molar-refractivity contribution in [1.29, 1.82) is 0 Å². The van der Waals surface area contributed by atoms with Crippen molar-refractivity contribution in [2.24, 2.45) is 0 Å². The molecule has 0 rings (SSSR count). The smallest absolute Gasteiger partial charge is 0.146 e. The van der Waals surface area contributed by atoms with Crippen molar-refractivity contribution in [3.63, 3.8) is 0 Å². The first kappa shape index (κ1) is 7.92. The quantitative estimate of drug-likeness (QED) is 0.394. The molecule has 0 saturated carbocycles. The molecule has 0 radical (unpaired) electrons. The van der Waals surface area contributed by atoms with E-state index in [4.69, 9.17) is 4.43 Å². The van der Waals surface area contributed by atoms with Gasteiger partial charge in [0.2, 0.25) is 0 Å². The number of rotatable bonds is 2. The second-order valence-corrected chi connectivity index (χ2v) is 2.79. The van der Waals surface area contributed by atoms with Gasteiger partial charge in [0, 0.05) is 0 Å². The summed E-state index contributed by atoms with van der Waals surface area (Å²) in [5, 5.41) is 0. The second kappa shape index (κ2) is 3.86. The third-order valence-electron chi connectivity index (χ3n) is 1.21. The normalized spacial score (nSPS) is 9.38. The van der Waals surface area contributed by atoms with Crippen molar-refractivity contribution in [1.82, 2.24) is 0 Å². The van der Waals surface area contributed by atoms with Crippen molar-refractivity contribution in [3.05, 3.63) is 11.1 Å². The molecule has 2 heteroatoms. The molecule has 0 N–H and O–H groups in total. The predicted molar refractivity (Wildman–Crippen MR) is 39.9 cm³/mol. The van der Waals surface area contributed by atoms with Crippen molar-refractivity contribution < 1.29 is 4.43 Å². The van der Waals surface area contributed by atoms with Crippen LogP contribution in [0, 0.1) is 0 Å². The van der Waals surface area contributed by atoms with Crippen LogP contribution in [-0.4, -0.2) is 17.1 Å². The summed E-state index contributed by atoms with van der Waals surface area (Å²) in [4.78, 5) is 0. The molecule has 0 atom stereocenters. The summed E-state index contributed by atoms with van der Waals surface area (Å²) in [7, 11) is 0.849. The summed E-state index contributed by atoms with van der Waals surface area (Å²) < 4.78 is 5.05. The zero-order chi connectivity index (χ0) is 6.57. The SMILES string of the molecule is CC(C)=C(C)CO[SiH3]. The largest absolute Gasteiger partial charge is 0.424 e. The Morgan fingerprint density at radius 3 is 2.00 bits per heavy atom. The lowest BCUT2D eigenvalue weighted by Gasteiger charge is -1.99. The van der Waals surface area contributed by atoms with Gasteiger partial charge in [0.1, 0.15) is 10.5 Å². The van der Waals surface area contributed by atoms with Crippen LogP contribution in [0.15, 0.2) is 11.1 Å². The Hall–Kier alpha value is -0.0831. The zero-order valence-electron chi connectivity index (χ0n) is 6.12. The minimum atomic E-state index is 0.828. The fourth-order valence-corrected chi connectivity index (χ4v) is 0.794. The van der Waals surface area contributed by atoms with Crippen LogP contribution in [-0.2, 0) is 4.43 Å². The van der Waals surface area contributed by atoms with E-state index >= 15 is 0 Å². The van der Waals surface area contributed by atoms with Gasteiger partial charge in [-0.05, 0) is 20.8 Å². The molecule has 0 saturated heterocycles. The first-order chi connectivity index (χ1) is 3.68. The second-order valence-electron chi connectivity index (χ2n) is 2.21. The van der Waals surface area contributed by atoms with E-state index in [1.807, 2.05) is 0 Å². The van der Waals surface area contributed by atoms with Gasteiger partial charge >= 0.3 is 0 Å². The number of allylic oxidation sites excluding steroid dienone is 1. The molecule has 0 aliphatic heterocycles. The molecular formula is C6H14OSi. The molecule has 1 nitrogen and oxygen atoms in total. The first-order valence-corrected chi connectivity index (χ1v) is 3.62. The highest BCUT2D eigenvalue weighted by Gasteiger charge is 1.86. The Morgan fingerprint density at radius 2 is 1.88 bits per heavy atom. The number of hydrogen-bond acceptors (Lipinski definition) is 1. The van der Waals surface area contributed by atoms with E-state index in [0.29, 0.717) is 0 Å². The average Bonchev–Trinajstić information content (AvgIpc) is 1.67. The Balaban J connectivity index is 3.62. The minimum Gasteiger partial charge on any atom is -0.424 e. The summed E-state index contributed by atoms with van der Waals surface area (Å²) in [6.07, 6.45) is 0. The van der Waals surface area contributed by atoms with Crippen LogP contribution < -0.4 is 0 Å². The number of hydrogen-bond donors (Lipinski definition) is 0.